The van der Waals surface area contributed by atoms with Crippen molar-refractivity contribution in [3.63, 3.8) is 0 Å². The molecule has 0 fully saturated rings. The van der Waals surface area contributed by atoms with Gasteiger partial charge in [-0.15, -0.1) is 11.6 Å². The normalized spacial score (nSPS) is 10.3. The molecule has 0 unspecified atom stereocenters. The molecule has 0 aliphatic heterocycles. The Morgan fingerprint density at radius 1 is 1.57 bits per heavy atom. The Hall–Kier alpha value is -0.920. The van der Waals surface area contributed by atoms with Crippen LogP contribution in [-0.2, 0) is 5.88 Å². The Morgan fingerprint density at radius 3 is 2.64 bits per heavy atom. The molecule has 0 amide bonds. The maximum absolute atomic E-state index is 12.3. The highest BCUT2D eigenvalue weighted by molar-refractivity contribution is 6.33. The summed E-state index contributed by atoms with van der Waals surface area (Å²) in [5, 5.41) is 8.53. The second-order valence-corrected chi connectivity index (χ2v) is 3.04. The Morgan fingerprint density at radius 2 is 2.21 bits per heavy atom. The predicted octanol–water partition coefficient (Wildman–Crippen LogP) is 3.28. The summed E-state index contributed by atoms with van der Waals surface area (Å²) >= 11 is 11.1. The van der Waals surface area contributed by atoms with Gasteiger partial charge in [0.25, 0.3) is 6.43 Å². The molecule has 0 saturated heterocycles. The molecule has 1 aromatic rings. The van der Waals surface area contributed by atoms with Gasteiger partial charge in [-0.25, -0.2) is 8.78 Å². The van der Waals surface area contributed by atoms with Gasteiger partial charge in [0.2, 0.25) is 0 Å². The van der Waals surface area contributed by atoms with E-state index in [4.69, 9.17) is 28.5 Å². The van der Waals surface area contributed by atoms with Gasteiger partial charge in [-0.2, -0.15) is 5.26 Å². The van der Waals surface area contributed by atoms with Crippen molar-refractivity contribution in [2.75, 3.05) is 0 Å². The van der Waals surface area contributed by atoms with Crippen LogP contribution in [0.5, 0.6) is 0 Å². The van der Waals surface area contributed by atoms with Crippen molar-refractivity contribution in [2.24, 2.45) is 0 Å². The number of rotatable bonds is 2. The van der Waals surface area contributed by atoms with Gasteiger partial charge in [0.1, 0.15) is 6.07 Å². The van der Waals surface area contributed by atoms with Crippen LogP contribution >= 0.6 is 23.2 Å². The number of aromatic nitrogens is 1. The van der Waals surface area contributed by atoms with Crippen molar-refractivity contribution in [3.05, 3.63) is 28.0 Å². The van der Waals surface area contributed by atoms with E-state index in [0.717, 1.165) is 6.20 Å². The lowest BCUT2D eigenvalue weighted by molar-refractivity contribution is 0.150. The van der Waals surface area contributed by atoms with E-state index >= 15 is 0 Å². The van der Waals surface area contributed by atoms with Crippen molar-refractivity contribution < 1.29 is 8.78 Å². The number of nitriles is 1. The van der Waals surface area contributed by atoms with Gasteiger partial charge >= 0.3 is 0 Å². The number of halogens is 4. The second kappa shape index (κ2) is 4.54. The van der Waals surface area contributed by atoms with E-state index in [-0.39, 0.29) is 22.2 Å². The van der Waals surface area contributed by atoms with Crippen molar-refractivity contribution in [2.45, 2.75) is 12.3 Å². The van der Waals surface area contributed by atoms with Crippen LogP contribution in [0.25, 0.3) is 0 Å². The smallest absolute Gasteiger partial charge is 0.258 e. The molecule has 1 heterocycles. The maximum atomic E-state index is 12.3. The average molecular weight is 237 g/mol. The molecule has 0 N–H and O–H groups in total. The van der Waals surface area contributed by atoms with Crippen molar-refractivity contribution in [1.82, 2.24) is 4.98 Å². The lowest BCUT2D eigenvalue weighted by atomic mass is 10.1. The number of hydrogen-bond donors (Lipinski definition) is 0. The third-order valence-electron chi connectivity index (χ3n) is 1.59. The number of hydrogen-bond acceptors (Lipinski definition) is 2. The Bertz CT molecular complexity index is 388. The van der Waals surface area contributed by atoms with Crippen LogP contribution < -0.4 is 0 Å². The second-order valence-electron chi connectivity index (χ2n) is 2.40. The molecule has 0 aromatic carbocycles. The molecule has 0 aliphatic carbocycles. The van der Waals surface area contributed by atoms with Gasteiger partial charge in [0, 0.05) is 6.20 Å². The van der Waals surface area contributed by atoms with E-state index in [0.29, 0.717) is 0 Å². The highest BCUT2D eigenvalue weighted by Crippen LogP contribution is 2.29. The fraction of sp³-hybridized carbons (Fsp3) is 0.250. The standard InChI is InChI=1S/C8H4Cl2F2N2/c9-1-6-7(10)4(2-13)5(3-14-6)8(11)12/h3,8H,1H2. The molecule has 0 radical (unpaired) electrons. The Kier molecular flexibility index (Phi) is 3.62. The van der Waals surface area contributed by atoms with Crippen LogP contribution in [0.2, 0.25) is 5.02 Å². The lowest BCUT2D eigenvalue weighted by Crippen LogP contribution is -1.98. The first kappa shape index (κ1) is 11.2. The first-order chi connectivity index (χ1) is 6.61. The van der Waals surface area contributed by atoms with Gasteiger partial charge in [0.05, 0.1) is 27.7 Å². The van der Waals surface area contributed by atoms with Crippen LogP contribution in [0.3, 0.4) is 0 Å². The van der Waals surface area contributed by atoms with Gasteiger partial charge in [-0.3, -0.25) is 4.98 Å². The number of pyridine rings is 1. The average Bonchev–Trinajstić information content (AvgIpc) is 2.17. The zero-order valence-electron chi connectivity index (χ0n) is 6.77. The fourth-order valence-corrected chi connectivity index (χ4v) is 1.45. The molecule has 2 nitrogen and oxygen atoms in total. The topological polar surface area (TPSA) is 36.7 Å². The molecule has 1 rings (SSSR count). The SMILES string of the molecule is N#Cc1c(C(F)F)cnc(CCl)c1Cl. The molecule has 6 heteroatoms. The van der Waals surface area contributed by atoms with E-state index in [1.807, 2.05) is 0 Å². The summed E-state index contributed by atoms with van der Waals surface area (Å²) in [4.78, 5) is 3.63. The third-order valence-corrected chi connectivity index (χ3v) is 2.25. The van der Waals surface area contributed by atoms with E-state index in [9.17, 15) is 8.78 Å². The zero-order valence-corrected chi connectivity index (χ0v) is 8.28. The minimum atomic E-state index is -2.76. The molecular weight excluding hydrogens is 233 g/mol. The van der Waals surface area contributed by atoms with Crippen LogP contribution in [0, 0.1) is 11.3 Å². The minimum absolute atomic E-state index is 0.0168. The van der Waals surface area contributed by atoms with Crippen LogP contribution in [-0.4, -0.2) is 4.98 Å². The molecule has 14 heavy (non-hydrogen) atoms. The summed E-state index contributed by atoms with van der Waals surface area (Å²) < 4.78 is 24.7. The molecule has 1 aromatic heterocycles. The van der Waals surface area contributed by atoms with Gasteiger partial charge < -0.3 is 0 Å². The summed E-state index contributed by atoms with van der Waals surface area (Å²) in [5.74, 6) is -0.0168. The Labute approximate surface area is 89.1 Å². The zero-order chi connectivity index (χ0) is 10.7. The van der Waals surface area contributed by atoms with Crippen molar-refractivity contribution in [3.8, 4) is 6.07 Å². The van der Waals surface area contributed by atoms with E-state index < -0.39 is 12.0 Å². The Balaban J connectivity index is 3.38. The first-order valence-corrected chi connectivity index (χ1v) is 4.44. The summed E-state index contributed by atoms with van der Waals surface area (Å²) in [7, 11) is 0. The molecule has 0 aliphatic rings. The molecule has 0 spiro atoms. The fourth-order valence-electron chi connectivity index (χ4n) is 0.912. The quantitative estimate of drug-likeness (QED) is 0.740. The summed E-state index contributed by atoms with van der Waals surface area (Å²) in [6.07, 6.45) is -1.84. The predicted molar refractivity (Wildman–Crippen MR) is 48.5 cm³/mol. The summed E-state index contributed by atoms with van der Waals surface area (Å²) in [6.45, 7) is 0. The van der Waals surface area contributed by atoms with Crippen LogP contribution in [0.1, 0.15) is 23.2 Å². The van der Waals surface area contributed by atoms with Crippen LogP contribution in [0.15, 0.2) is 6.20 Å². The molecule has 74 valence electrons. The summed E-state index contributed by atoms with van der Waals surface area (Å²) in [6, 6.07) is 1.61. The highest BCUT2D eigenvalue weighted by atomic mass is 35.5. The highest BCUT2D eigenvalue weighted by Gasteiger charge is 2.18. The molecule has 0 bridgehead atoms. The van der Waals surface area contributed by atoms with Gasteiger partial charge in [0.15, 0.2) is 0 Å². The van der Waals surface area contributed by atoms with E-state index in [1.54, 1.807) is 6.07 Å². The number of nitrogens with zero attached hydrogens (tertiary/aromatic N) is 2. The van der Waals surface area contributed by atoms with Crippen molar-refractivity contribution >= 4 is 23.2 Å². The lowest BCUT2D eigenvalue weighted by Gasteiger charge is -2.06. The van der Waals surface area contributed by atoms with E-state index in [2.05, 4.69) is 4.98 Å². The van der Waals surface area contributed by atoms with Crippen molar-refractivity contribution in [1.29, 1.82) is 5.26 Å². The van der Waals surface area contributed by atoms with E-state index in [1.165, 1.54) is 0 Å². The van der Waals surface area contributed by atoms with Crippen LogP contribution in [0.4, 0.5) is 8.78 Å². The number of alkyl halides is 3. The maximum Gasteiger partial charge on any atom is 0.266 e. The largest absolute Gasteiger partial charge is 0.266 e. The van der Waals surface area contributed by atoms with Gasteiger partial charge in [-0.1, -0.05) is 11.6 Å². The third kappa shape index (κ3) is 1.94. The molecule has 0 saturated carbocycles. The summed E-state index contributed by atoms with van der Waals surface area (Å²) in [5.41, 5.74) is -0.493. The first-order valence-electron chi connectivity index (χ1n) is 3.53. The minimum Gasteiger partial charge on any atom is -0.258 e. The molecule has 0 atom stereocenters. The monoisotopic (exact) mass is 236 g/mol. The van der Waals surface area contributed by atoms with Gasteiger partial charge in [-0.05, 0) is 0 Å². The molecular formula is C8H4Cl2F2N2.